The number of nitrogens with two attached hydrogens (primary N) is 1. The monoisotopic (exact) mass is 464 g/mol. The van der Waals surface area contributed by atoms with Gasteiger partial charge in [0.1, 0.15) is 6.04 Å². The minimum absolute atomic E-state index is 0.129. The second-order valence-corrected chi connectivity index (χ2v) is 8.40. The maximum Gasteiger partial charge on any atom is 0.318 e. The Morgan fingerprint density at radius 3 is 2.50 bits per heavy atom. The molecule has 1 saturated carbocycles. The highest BCUT2D eigenvalue weighted by molar-refractivity contribution is 5.76. The summed E-state index contributed by atoms with van der Waals surface area (Å²) in [5.74, 6) is -6.28. The van der Waals surface area contributed by atoms with Gasteiger partial charge in [0, 0.05) is 18.4 Å². The number of imidazole rings is 1. The van der Waals surface area contributed by atoms with Crippen LogP contribution in [0.1, 0.15) is 49.0 Å². The fraction of sp³-hybridized carbons (Fsp3) is 0.632. The van der Waals surface area contributed by atoms with E-state index in [0.29, 0.717) is 10.6 Å². The lowest BCUT2D eigenvalue weighted by molar-refractivity contribution is -0.0638. The average Bonchev–Trinajstić information content (AvgIpc) is 3.13. The zero-order valence-electron chi connectivity index (χ0n) is 16.8. The van der Waals surface area contributed by atoms with Gasteiger partial charge in [0.05, 0.1) is 37.2 Å². The highest BCUT2D eigenvalue weighted by Gasteiger charge is 2.45. The summed E-state index contributed by atoms with van der Waals surface area (Å²) in [6.07, 6.45) is -0.685. The Hall–Kier alpha value is -2.57. The molecule has 7 nitrogen and oxygen atoms in total. The number of hydrogen-bond donors (Lipinski definition) is 2. The summed E-state index contributed by atoms with van der Waals surface area (Å²) in [7, 11) is 0. The van der Waals surface area contributed by atoms with Crippen LogP contribution >= 0.6 is 0 Å². The van der Waals surface area contributed by atoms with E-state index in [1.165, 1.54) is 16.8 Å². The van der Waals surface area contributed by atoms with Gasteiger partial charge in [-0.3, -0.25) is 0 Å². The predicted octanol–water partition coefficient (Wildman–Crippen LogP) is 3.52. The van der Waals surface area contributed by atoms with Crippen LogP contribution in [-0.2, 0) is 0 Å². The van der Waals surface area contributed by atoms with Crippen LogP contribution in [0.15, 0.2) is 18.5 Å². The molecule has 2 aromatic heterocycles. The molecule has 2 amide bonds. The lowest BCUT2D eigenvalue weighted by Crippen LogP contribution is -2.58. The summed E-state index contributed by atoms with van der Waals surface area (Å²) in [6, 6.07) is -2.39. The molecule has 2 fully saturated rings. The van der Waals surface area contributed by atoms with Crippen LogP contribution in [0, 0.1) is 5.92 Å². The first-order valence-corrected chi connectivity index (χ1v) is 10.1. The summed E-state index contributed by atoms with van der Waals surface area (Å²) in [4.78, 5) is 16.7. The smallest absolute Gasteiger partial charge is 0.318 e. The summed E-state index contributed by atoms with van der Waals surface area (Å²) in [6.45, 7) is -2.08. The predicted molar refractivity (Wildman–Crippen MR) is 101 cm³/mol. The summed E-state index contributed by atoms with van der Waals surface area (Å²) >= 11 is 0. The Labute approximate surface area is 178 Å². The van der Waals surface area contributed by atoms with Gasteiger partial charge in [0.2, 0.25) is 5.92 Å². The van der Waals surface area contributed by atoms with Gasteiger partial charge in [-0.25, -0.2) is 40.6 Å². The number of rotatable bonds is 5. The van der Waals surface area contributed by atoms with E-state index in [9.17, 15) is 31.1 Å². The van der Waals surface area contributed by atoms with Gasteiger partial charge in [0.25, 0.3) is 12.3 Å². The molecule has 2 aliphatic rings. The number of carbonyl (C=O) groups is 1. The third-order valence-electron chi connectivity index (χ3n) is 6.05. The Bertz CT molecular complexity index is 988. The van der Waals surface area contributed by atoms with Crippen molar-refractivity contribution in [2.24, 2.45) is 11.7 Å². The number of carbonyl (C=O) groups excluding carboxylic acids is 1. The lowest BCUT2D eigenvalue weighted by Gasteiger charge is -2.37. The molecule has 2 atom stereocenters. The Morgan fingerprint density at radius 2 is 1.84 bits per heavy atom. The summed E-state index contributed by atoms with van der Waals surface area (Å²) < 4.78 is 83.3. The van der Waals surface area contributed by atoms with E-state index in [-0.39, 0.29) is 42.8 Å². The Morgan fingerprint density at radius 1 is 1.16 bits per heavy atom. The van der Waals surface area contributed by atoms with Crippen molar-refractivity contribution in [1.29, 1.82) is 0 Å². The number of aromatic nitrogens is 3. The van der Waals surface area contributed by atoms with Crippen molar-refractivity contribution < 1.29 is 31.1 Å². The number of urea groups is 1. The molecule has 32 heavy (non-hydrogen) atoms. The zero-order valence-corrected chi connectivity index (χ0v) is 16.8. The fourth-order valence-corrected chi connectivity index (χ4v) is 4.26. The number of nitrogens with zero attached hydrogens (tertiary/aromatic N) is 4. The molecule has 176 valence electrons. The van der Waals surface area contributed by atoms with Gasteiger partial charge >= 0.3 is 6.03 Å². The van der Waals surface area contributed by atoms with E-state index in [2.05, 4.69) is 10.1 Å². The van der Waals surface area contributed by atoms with E-state index in [0.717, 1.165) is 6.20 Å². The number of amides is 2. The largest absolute Gasteiger partial charge is 0.332 e. The van der Waals surface area contributed by atoms with Gasteiger partial charge < -0.3 is 16.0 Å². The van der Waals surface area contributed by atoms with Crippen LogP contribution in [0.3, 0.4) is 0 Å². The van der Waals surface area contributed by atoms with Gasteiger partial charge in [-0.15, -0.1) is 0 Å². The molecular formula is C19H22F6N6O. The Kier molecular flexibility index (Phi) is 5.72. The van der Waals surface area contributed by atoms with Gasteiger partial charge in [0.15, 0.2) is 5.65 Å². The molecular weight excluding hydrogens is 442 g/mol. The molecule has 0 unspecified atom stereocenters. The van der Waals surface area contributed by atoms with Crippen molar-refractivity contribution in [3.05, 3.63) is 29.7 Å². The Balaban J connectivity index is 1.59. The number of nitrogens with one attached hydrogen (secondary N) is 1. The molecule has 0 aromatic carbocycles. The number of alkyl halides is 6. The molecule has 4 rings (SSSR count). The molecule has 1 aliphatic heterocycles. The second-order valence-electron chi connectivity index (χ2n) is 8.40. The molecule has 3 heterocycles. The van der Waals surface area contributed by atoms with Crippen LogP contribution in [0.25, 0.3) is 5.65 Å². The topological polar surface area (TPSA) is 88.5 Å². The molecule has 13 heteroatoms. The third-order valence-corrected chi connectivity index (χ3v) is 6.05. The third kappa shape index (κ3) is 4.48. The normalized spacial score (nSPS) is 23.4. The van der Waals surface area contributed by atoms with Gasteiger partial charge in [-0.1, -0.05) is 0 Å². The van der Waals surface area contributed by atoms with Crippen molar-refractivity contribution in [2.75, 3.05) is 13.1 Å². The fourth-order valence-electron chi connectivity index (χ4n) is 4.26. The number of hydrogen-bond acceptors (Lipinski definition) is 4. The number of fused-ring (bicyclic) bond motifs is 1. The highest BCUT2D eigenvalue weighted by atomic mass is 19.3. The van der Waals surface area contributed by atoms with Gasteiger partial charge in [-0.2, -0.15) is 5.10 Å². The first-order chi connectivity index (χ1) is 15.0. The molecule has 1 saturated heterocycles. The van der Waals surface area contributed by atoms with Crippen LogP contribution < -0.4 is 11.1 Å². The van der Waals surface area contributed by atoms with Crippen molar-refractivity contribution in [3.8, 4) is 0 Å². The quantitative estimate of drug-likeness (QED) is 0.663. The maximum absolute atomic E-state index is 13.8. The molecule has 1 aliphatic carbocycles. The minimum atomic E-state index is -3.36. The highest BCUT2D eigenvalue weighted by Crippen LogP contribution is 2.40. The molecule has 0 bridgehead atoms. The lowest BCUT2D eigenvalue weighted by atomic mass is 9.81. The molecule has 0 spiro atoms. The summed E-state index contributed by atoms with van der Waals surface area (Å²) in [5.41, 5.74) is 6.55. The van der Waals surface area contributed by atoms with E-state index < -0.39 is 49.5 Å². The maximum atomic E-state index is 13.8. The number of halogens is 6. The SMILES string of the molecule is N[C@H](c1cn2ncc([C@@H](C(F)F)N3CC(F)(F)CNC3=O)cc2n1)C1CCC(F)(F)CC1. The van der Waals surface area contributed by atoms with Crippen LogP contribution in [0.5, 0.6) is 0 Å². The molecule has 0 radical (unpaired) electrons. The first kappa shape index (κ1) is 22.6. The summed E-state index contributed by atoms with van der Waals surface area (Å²) in [5, 5.41) is 5.93. The van der Waals surface area contributed by atoms with E-state index in [1.807, 2.05) is 5.32 Å². The zero-order chi connectivity index (χ0) is 23.3. The van der Waals surface area contributed by atoms with E-state index in [4.69, 9.17) is 5.73 Å². The van der Waals surface area contributed by atoms with E-state index in [1.54, 1.807) is 0 Å². The van der Waals surface area contributed by atoms with Crippen molar-refractivity contribution in [1.82, 2.24) is 24.8 Å². The van der Waals surface area contributed by atoms with Crippen LogP contribution in [0.4, 0.5) is 31.1 Å². The van der Waals surface area contributed by atoms with E-state index >= 15 is 0 Å². The van der Waals surface area contributed by atoms with Crippen molar-refractivity contribution >= 4 is 11.7 Å². The minimum Gasteiger partial charge on any atom is -0.332 e. The van der Waals surface area contributed by atoms with Crippen LogP contribution in [0.2, 0.25) is 0 Å². The second kappa shape index (κ2) is 8.09. The van der Waals surface area contributed by atoms with Crippen LogP contribution in [-0.4, -0.2) is 56.9 Å². The van der Waals surface area contributed by atoms with Crippen molar-refractivity contribution in [3.63, 3.8) is 0 Å². The van der Waals surface area contributed by atoms with Gasteiger partial charge in [-0.05, 0) is 24.8 Å². The first-order valence-electron chi connectivity index (χ1n) is 10.1. The average molecular weight is 464 g/mol. The molecule has 2 aromatic rings. The molecule has 3 N–H and O–H groups in total. The standard InChI is InChI=1S/C19H22F6N6O/c20-16(21)15(30-9-19(24,25)8-27-17(30)32)11-5-13-29-12(7-31(13)28-6-11)14(26)10-1-3-18(22,23)4-2-10/h5-7,10,14-16H,1-4,8-9,26H2,(H,27,32)/t14-,15-/m0/s1. The van der Waals surface area contributed by atoms with Crippen molar-refractivity contribution in [2.45, 2.75) is 56.0 Å².